The number of nitrogens with two attached hydrogens (primary N) is 1. The number of carbonyl (C=O) groups excluding carboxylic acids is 1. The van der Waals surface area contributed by atoms with Crippen LogP contribution in [0.5, 0.6) is 0 Å². The Balaban J connectivity index is 1.49. The third-order valence-corrected chi connectivity index (χ3v) is 6.40. The molecule has 4 rings (SSSR count). The maximum absolute atomic E-state index is 12.4. The molecule has 0 unspecified atom stereocenters. The fourth-order valence-corrected chi connectivity index (χ4v) is 5.04. The number of anilines is 1. The Hall–Kier alpha value is -2.63. The lowest BCUT2D eigenvalue weighted by molar-refractivity contribution is 0.0935. The lowest BCUT2D eigenvalue weighted by Crippen LogP contribution is -2.45. The SMILES string of the molecule is C[C@@H]1Cc2ccsc2[C@H](c2ccccc2)N1CCNC(=O)c1ccc(N)cc1. The van der Waals surface area contributed by atoms with Crippen molar-refractivity contribution in [2.45, 2.75) is 25.4 Å². The normalized spacial score (nSPS) is 19.2. The first-order chi connectivity index (χ1) is 13.6. The van der Waals surface area contributed by atoms with Gasteiger partial charge in [-0.25, -0.2) is 0 Å². The maximum atomic E-state index is 12.4. The molecule has 1 aromatic heterocycles. The molecule has 0 saturated carbocycles. The first-order valence-corrected chi connectivity index (χ1v) is 10.5. The van der Waals surface area contributed by atoms with Crippen LogP contribution >= 0.6 is 11.3 Å². The van der Waals surface area contributed by atoms with Gasteiger partial charge in [0.15, 0.2) is 0 Å². The summed E-state index contributed by atoms with van der Waals surface area (Å²) in [6, 6.07) is 20.6. The summed E-state index contributed by atoms with van der Waals surface area (Å²) in [5.74, 6) is -0.0577. The Morgan fingerprint density at radius 3 is 2.64 bits per heavy atom. The standard InChI is InChI=1S/C23H25N3OS/c1-16-15-19-11-14-28-22(19)21(17-5-3-2-4-6-17)26(16)13-12-25-23(27)18-7-9-20(24)10-8-18/h2-11,14,16,21H,12-13,15,24H2,1H3,(H,25,27)/t16-,21+/m1/s1. The third kappa shape index (κ3) is 3.81. The summed E-state index contributed by atoms with van der Waals surface area (Å²) in [6.45, 7) is 3.69. The van der Waals surface area contributed by atoms with Crippen LogP contribution in [-0.2, 0) is 6.42 Å². The Morgan fingerprint density at radius 2 is 1.89 bits per heavy atom. The molecule has 1 aliphatic heterocycles. The van der Waals surface area contributed by atoms with Gasteiger partial charge in [-0.05, 0) is 60.2 Å². The molecule has 2 heterocycles. The average molecular weight is 392 g/mol. The molecule has 0 spiro atoms. The van der Waals surface area contributed by atoms with E-state index < -0.39 is 0 Å². The summed E-state index contributed by atoms with van der Waals surface area (Å²) >= 11 is 1.83. The van der Waals surface area contributed by atoms with Crippen molar-refractivity contribution in [2.24, 2.45) is 0 Å². The van der Waals surface area contributed by atoms with Gasteiger partial charge in [0.2, 0.25) is 0 Å². The van der Waals surface area contributed by atoms with Gasteiger partial charge >= 0.3 is 0 Å². The smallest absolute Gasteiger partial charge is 0.251 e. The Kier molecular flexibility index (Phi) is 5.46. The lowest BCUT2D eigenvalue weighted by atomic mass is 9.91. The van der Waals surface area contributed by atoms with E-state index in [-0.39, 0.29) is 11.9 Å². The largest absolute Gasteiger partial charge is 0.399 e. The van der Waals surface area contributed by atoms with Crippen molar-refractivity contribution in [1.29, 1.82) is 0 Å². The number of rotatable bonds is 5. The minimum Gasteiger partial charge on any atom is -0.399 e. The van der Waals surface area contributed by atoms with E-state index in [2.05, 4.69) is 58.9 Å². The van der Waals surface area contributed by atoms with Crippen LogP contribution in [0.1, 0.15) is 39.3 Å². The number of nitrogens with zero attached hydrogens (tertiary/aromatic N) is 1. The third-order valence-electron chi connectivity index (χ3n) is 5.39. The van der Waals surface area contributed by atoms with E-state index >= 15 is 0 Å². The zero-order valence-corrected chi connectivity index (χ0v) is 16.8. The molecule has 1 amide bonds. The Labute approximate surface area is 170 Å². The molecule has 1 aliphatic rings. The van der Waals surface area contributed by atoms with Crippen molar-refractivity contribution in [1.82, 2.24) is 10.2 Å². The molecule has 144 valence electrons. The second kappa shape index (κ2) is 8.17. The van der Waals surface area contributed by atoms with Crippen molar-refractivity contribution in [3.63, 3.8) is 0 Å². The zero-order chi connectivity index (χ0) is 19.5. The topological polar surface area (TPSA) is 58.4 Å². The van der Waals surface area contributed by atoms with E-state index in [4.69, 9.17) is 5.73 Å². The van der Waals surface area contributed by atoms with Crippen LogP contribution in [0.4, 0.5) is 5.69 Å². The molecule has 5 heteroatoms. The van der Waals surface area contributed by atoms with Gasteiger partial charge in [0.25, 0.3) is 5.91 Å². The first kappa shape index (κ1) is 18.7. The molecule has 3 N–H and O–H groups in total. The van der Waals surface area contributed by atoms with E-state index in [9.17, 15) is 4.79 Å². The van der Waals surface area contributed by atoms with Crippen LogP contribution < -0.4 is 11.1 Å². The molecule has 0 aliphatic carbocycles. The first-order valence-electron chi connectivity index (χ1n) is 9.64. The monoisotopic (exact) mass is 391 g/mol. The van der Waals surface area contributed by atoms with Gasteiger partial charge in [-0.1, -0.05) is 30.3 Å². The fraction of sp³-hybridized carbons (Fsp3) is 0.261. The average Bonchev–Trinajstić information content (AvgIpc) is 3.17. The molecule has 2 aromatic carbocycles. The summed E-state index contributed by atoms with van der Waals surface area (Å²) in [4.78, 5) is 16.4. The number of carbonyl (C=O) groups is 1. The van der Waals surface area contributed by atoms with E-state index in [0.29, 0.717) is 23.8 Å². The van der Waals surface area contributed by atoms with Crippen LogP contribution in [0.15, 0.2) is 66.0 Å². The zero-order valence-electron chi connectivity index (χ0n) is 16.0. The maximum Gasteiger partial charge on any atom is 0.251 e. The van der Waals surface area contributed by atoms with E-state index in [1.54, 1.807) is 24.3 Å². The summed E-state index contributed by atoms with van der Waals surface area (Å²) in [6.07, 6.45) is 1.05. The van der Waals surface area contributed by atoms with Gasteiger partial charge in [0.05, 0.1) is 6.04 Å². The van der Waals surface area contributed by atoms with Crippen LogP contribution in [-0.4, -0.2) is 29.9 Å². The fourth-order valence-electron chi connectivity index (χ4n) is 3.96. The number of hydrogen-bond donors (Lipinski definition) is 2. The lowest BCUT2D eigenvalue weighted by Gasteiger charge is -2.41. The van der Waals surface area contributed by atoms with Gasteiger partial charge in [-0.3, -0.25) is 9.69 Å². The van der Waals surface area contributed by atoms with Crippen LogP contribution in [0.3, 0.4) is 0 Å². The quantitative estimate of drug-likeness (QED) is 0.644. The second-order valence-corrected chi connectivity index (χ2v) is 8.24. The van der Waals surface area contributed by atoms with Crippen LogP contribution in [0.2, 0.25) is 0 Å². The molecule has 3 aromatic rings. The van der Waals surface area contributed by atoms with Crippen LogP contribution in [0, 0.1) is 0 Å². The summed E-state index contributed by atoms with van der Waals surface area (Å²) < 4.78 is 0. The van der Waals surface area contributed by atoms with E-state index in [1.807, 2.05) is 11.3 Å². The van der Waals surface area contributed by atoms with Crippen molar-refractivity contribution in [2.75, 3.05) is 18.8 Å². The number of nitrogens with one attached hydrogen (secondary N) is 1. The summed E-state index contributed by atoms with van der Waals surface area (Å²) in [7, 11) is 0. The highest BCUT2D eigenvalue weighted by Gasteiger charge is 2.33. The molecule has 28 heavy (non-hydrogen) atoms. The predicted molar refractivity (Wildman–Crippen MR) is 116 cm³/mol. The molecule has 0 saturated heterocycles. The minimum atomic E-state index is -0.0577. The number of amides is 1. The number of thiophene rings is 1. The summed E-state index contributed by atoms with van der Waals surface area (Å²) in [5.41, 5.74) is 9.77. The van der Waals surface area contributed by atoms with Crippen molar-refractivity contribution < 1.29 is 4.79 Å². The van der Waals surface area contributed by atoms with Crippen LogP contribution in [0.25, 0.3) is 0 Å². The Bertz CT molecular complexity index is 936. The van der Waals surface area contributed by atoms with Gasteiger partial charge in [-0.15, -0.1) is 11.3 Å². The minimum absolute atomic E-state index is 0.0577. The molecule has 0 fully saturated rings. The number of nitrogen functional groups attached to an aromatic ring is 1. The van der Waals surface area contributed by atoms with E-state index in [1.165, 1.54) is 16.0 Å². The highest BCUT2D eigenvalue weighted by atomic mass is 32.1. The van der Waals surface area contributed by atoms with E-state index in [0.717, 1.165) is 13.0 Å². The molecular formula is C23H25N3OS. The molecule has 4 nitrogen and oxygen atoms in total. The van der Waals surface area contributed by atoms with Crippen molar-refractivity contribution in [3.8, 4) is 0 Å². The van der Waals surface area contributed by atoms with Gasteiger partial charge in [0, 0.05) is 35.3 Å². The van der Waals surface area contributed by atoms with Gasteiger partial charge in [0.1, 0.15) is 0 Å². The molecule has 0 bridgehead atoms. The summed E-state index contributed by atoms with van der Waals surface area (Å²) in [5, 5.41) is 5.25. The number of fused-ring (bicyclic) bond motifs is 1. The molecule has 0 radical (unpaired) electrons. The highest BCUT2D eigenvalue weighted by Crippen LogP contribution is 2.40. The Morgan fingerprint density at radius 1 is 1.14 bits per heavy atom. The number of hydrogen-bond acceptors (Lipinski definition) is 4. The highest BCUT2D eigenvalue weighted by molar-refractivity contribution is 7.10. The second-order valence-electron chi connectivity index (χ2n) is 7.29. The van der Waals surface area contributed by atoms with Crippen molar-refractivity contribution >= 4 is 22.9 Å². The van der Waals surface area contributed by atoms with Crippen molar-refractivity contribution in [3.05, 3.63) is 87.6 Å². The number of benzene rings is 2. The predicted octanol–water partition coefficient (Wildman–Crippen LogP) is 4.10. The van der Waals surface area contributed by atoms with Gasteiger partial charge in [-0.2, -0.15) is 0 Å². The molecule has 2 atom stereocenters. The molecular weight excluding hydrogens is 366 g/mol. The van der Waals surface area contributed by atoms with Gasteiger partial charge < -0.3 is 11.1 Å².